The Balaban J connectivity index is 2.64. The molecule has 0 spiro atoms. The highest BCUT2D eigenvalue weighted by molar-refractivity contribution is 6.33. The van der Waals surface area contributed by atoms with Crippen molar-refractivity contribution in [1.29, 1.82) is 0 Å². The molecule has 1 unspecified atom stereocenters. The number of rotatable bonds is 5. The molecule has 3 nitrogen and oxygen atoms in total. The van der Waals surface area contributed by atoms with E-state index in [1.54, 1.807) is 0 Å². The third kappa shape index (κ3) is 4.27. The molecule has 1 rings (SSSR count). The van der Waals surface area contributed by atoms with E-state index in [-0.39, 0.29) is 11.9 Å². The van der Waals surface area contributed by atoms with E-state index in [0.29, 0.717) is 11.6 Å². The van der Waals surface area contributed by atoms with Gasteiger partial charge in [-0.2, -0.15) is 0 Å². The van der Waals surface area contributed by atoms with Gasteiger partial charge in [-0.15, -0.1) is 0 Å². The van der Waals surface area contributed by atoms with E-state index in [1.165, 1.54) is 0 Å². The van der Waals surface area contributed by atoms with Crippen molar-refractivity contribution < 1.29 is 4.79 Å². The fraction of sp³-hybridized carbons (Fsp3) is 0.462. The molecular formula is C13H19ClN2O. The molecule has 2 N–H and O–H groups in total. The molecule has 0 saturated heterocycles. The number of benzene rings is 1. The van der Waals surface area contributed by atoms with E-state index in [0.717, 1.165) is 17.7 Å². The van der Waals surface area contributed by atoms with Crippen molar-refractivity contribution in [3.05, 3.63) is 28.8 Å². The minimum Gasteiger partial charge on any atom is -0.373 e. The normalized spacial score (nSPS) is 12.0. The maximum absolute atomic E-state index is 11.7. The maximum Gasteiger partial charge on any atom is 0.242 e. The zero-order valence-corrected chi connectivity index (χ0v) is 11.3. The fourth-order valence-electron chi connectivity index (χ4n) is 1.45. The van der Waals surface area contributed by atoms with Crippen molar-refractivity contribution in [3.8, 4) is 0 Å². The molecule has 1 amide bonds. The Hall–Kier alpha value is -1.22. The lowest BCUT2D eigenvalue weighted by Gasteiger charge is -2.16. The lowest BCUT2D eigenvalue weighted by Crippen LogP contribution is -2.37. The maximum atomic E-state index is 11.7. The van der Waals surface area contributed by atoms with Crippen molar-refractivity contribution in [1.82, 2.24) is 5.32 Å². The smallest absolute Gasteiger partial charge is 0.242 e. The standard InChI is InChI=1S/C13H19ClN2O/c1-4-7-15-13(17)10(3)16-12-8-9(2)5-6-11(12)14/h5-6,8,10,16H,4,7H2,1-3H3,(H,15,17). The largest absolute Gasteiger partial charge is 0.373 e. The van der Waals surface area contributed by atoms with Crippen LogP contribution >= 0.6 is 11.6 Å². The number of carbonyl (C=O) groups is 1. The quantitative estimate of drug-likeness (QED) is 0.848. The third-order valence-electron chi connectivity index (χ3n) is 2.44. The molecule has 17 heavy (non-hydrogen) atoms. The molecule has 4 heteroatoms. The highest BCUT2D eigenvalue weighted by Gasteiger charge is 2.12. The van der Waals surface area contributed by atoms with Crippen LogP contribution in [0.3, 0.4) is 0 Å². The summed E-state index contributed by atoms with van der Waals surface area (Å²) in [5, 5.41) is 6.59. The fourth-order valence-corrected chi connectivity index (χ4v) is 1.62. The molecule has 0 aromatic heterocycles. The molecular weight excluding hydrogens is 236 g/mol. The van der Waals surface area contributed by atoms with Crippen LogP contribution in [0.1, 0.15) is 25.8 Å². The van der Waals surface area contributed by atoms with Crippen LogP contribution in [0.5, 0.6) is 0 Å². The Morgan fingerprint density at radius 3 is 2.82 bits per heavy atom. The topological polar surface area (TPSA) is 41.1 Å². The second-order valence-corrected chi connectivity index (χ2v) is 4.55. The van der Waals surface area contributed by atoms with E-state index in [9.17, 15) is 4.79 Å². The molecule has 1 aromatic rings. The van der Waals surface area contributed by atoms with Crippen LogP contribution in [-0.4, -0.2) is 18.5 Å². The number of anilines is 1. The Morgan fingerprint density at radius 1 is 1.47 bits per heavy atom. The van der Waals surface area contributed by atoms with Crippen LogP contribution < -0.4 is 10.6 Å². The second kappa shape index (κ2) is 6.50. The summed E-state index contributed by atoms with van der Waals surface area (Å²) >= 11 is 6.06. The zero-order chi connectivity index (χ0) is 12.8. The highest BCUT2D eigenvalue weighted by Crippen LogP contribution is 2.23. The first kappa shape index (κ1) is 13.8. The summed E-state index contributed by atoms with van der Waals surface area (Å²) in [5.74, 6) is -0.00979. The van der Waals surface area contributed by atoms with Gasteiger partial charge in [0.15, 0.2) is 0 Å². The molecule has 0 radical (unpaired) electrons. The van der Waals surface area contributed by atoms with E-state index in [1.807, 2.05) is 39.0 Å². The van der Waals surface area contributed by atoms with Crippen molar-refractivity contribution in [3.63, 3.8) is 0 Å². The number of nitrogens with one attached hydrogen (secondary N) is 2. The summed E-state index contributed by atoms with van der Waals surface area (Å²) in [4.78, 5) is 11.7. The average Bonchev–Trinajstić information content (AvgIpc) is 2.30. The predicted octanol–water partition coefficient (Wildman–Crippen LogP) is 2.98. The van der Waals surface area contributed by atoms with E-state index < -0.39 is 0 Å². The van der Waals surface area contributed by atoms with E-state index >= 15 is 0 Å². The van der Waals surface area contributed by atoms with Crippen molar-refractivity contribution >= 4 is 23.2 Å². The van der Waals surface area contributed by atoms with Crippen molar-refractivity contribution in [2.24, 2.45) is 0 Å². The van der Waals surface area contributed by atoms with Gasteiger partial charge >= 0.3 is 0 Å². The number of carbonyl (C=O) groups excluding carboxylic acids is 1. The van der Waals surface area contributed by atoms with Crippen molar-refractivity contribution in [2.45, 2.75) is 33.2 Å². The number of hydrogen-bond acceptors (Lipinski definition) is 2. The van der Waals surface area contributed by atoms with Gasteiger partial charge in [0.25, 0.3) is 0 Å². The van der Waals surface area contributed by atoms with Gasteiger partial charge in [-0.3, -0.25) is 4.79 Å². The minimum atomic E-state index is -0.291. The first-order chi connectivity index (χ1) is 8.04. The summed E-state index contributed by atoms with van der Waals surface area (Å²) in [6, 6.07) is 5.41. The highest BCUT2D eigenvalue weighted by atomic mass is 35.5. The summed E-state index contributed by atoms with van der Waals surface area (Å²) < 4.78 is 0. The molecule has 0 aliphatic carbocycles. The van der Waals surface area contributed by atoms with Crippen molar-refractivity contribution in [2.75, 3.05) is 11.9 Å². The SMILES string of the molecule is CCCNC(=O)C(C)Nc1cc(C)ccc1Cl. The van der Waals surface area contributed by atoms with Crippen LogP contribution in [-0.2, 0) is 4.79 Å². The molecule has 0 heterocycles. The number of amides is 1. The zero-order valence-electron chi connectivity index (χ0n) is 10.5. The molecule has 1 atom stereocenters. The van der Waals surface area contributed by atoms with Gasteiger partial charge in [0.1, 0.15) is 6.04 Å². The summed E-state index contributed by atoms with van der Waals surface area (Å²) in [6.07, 6.45) is 0.934. The number of halogens is 1. The predicted molar refractivity (Wildman–Crippen MR) is 72.6 cm³/mol. The van der Waals surface area contributed by atoms with E-state index in [4.69, 9.17) is 11.6 Å². The van der Waals surface area contributed by atoms with Crippen LogP contribution in [0.25, 0.3) is 0 Å². The van der Waals surface area contributed by atoms with Crippen LogP contribution in [0.4, 0.5) is 5.69 Å². The molecule has 0 aliphatic rings. The first-order valence-corrected chi connectivity index (χ1v) is 6.22. The van der Waals surface area contributed by atoms with Crippen LogP contribution in [0.15, 0.2) is 18.2 Å². The monoisotopic (exact) mass is 254 g/mol. The van der Waals surface area contributed by atoms with Gasteiger partial charge in [0.2, 0.25) is 5.91 Å². The summed E-state index contributed by atoms with van der Waals surface area (Å²) in [6.45, 7) is 6.54. The van der Waals surface area contributed by atoms with Gasteiger partial charge in [0.05, 0.1) is 10.7 Å². The first-order valence-electron chi connectivity index (χ1n) is 5.85. The Kier molecular flexibility index (Phi) is 5.29. The summed E-state index contributed by atoms with van der Waals surface area (Å²) in [5.41, 5.74) is 1.91. The van der Waals surface area contributed by atoms with Crippen LogP contribution in [0.2, 0.25) is 5.02 Å². The summed E-state index contributed by atoms with van der Waals surface area (Å²) in [7, 11) is 0. The lowest BCUT2D eigenvalue weighted by atomic mass is 10.2. The lowest BCUT2D eigenvalue weighted by molar-refractivity contribution is -0.121. The molecule has 0 bridgehead atoms. The van der Waals surface area contributed by atoms with Gasteiger partial charge in [-0.05, 0) is 38.0 Å². The third-order valence-corrected chi connectivity index (χ3v) is 2.77. The molecule has 0 saturated carbocycles. The molecule has 1 aromatic carbocycles. The second-order valence-electron chi connectivity index (χ2n) is 4.14. The van der Waals surface area contributed by atoms with Gasteiger partial charge in [0, 0.05) is 6.54 Å². The Bertz CT molecular complexity index is 393. The van der Waals surface area contributed by atoms with Gasteiger partial charge in [-0.1, -0.05) is 24.6 Å². The Labute approximate surface area is 108 Å². The number of aryl methyl sites for hydroxylation is 1. The van der Waals surface area contributed by atoms with E-state index in [2.05, 4.69) is 10.6 Å². The van der Waals surface area contributed by atoms with Crippen LogP contribution in [0, 0.1) is 6.92 Å². The van der Waals surface area contributed by atoms with Gasteiger partial charge in [-0.25, -0.2) is 0 Å². The Morgan fingerprint density at radius 2 is 2.18 bits per heavy atom. The minimum absolute atomic E-state index is 0.00979. The molecule has 94 valence electrons. The molecule has 0 aliphatic heterocycles. The average molecular weight is 255 g/mol. The number of hydrogen-bond donors (Lipinski definition) is 2. The van der Waals surface area contributed by atoms with Gasteiger partial charge < -0.3 is 10.6 Å². The molecule has 0 fully saturated rings.